The van der Waals surface area contributed by atoms with E-state index in [9.17, 15) is 4.79 Å². The Morgan fingerprint density at radius 2 is 2.15 bits per heavy atom. The van der Waals surface area contributed by atoms with Crippen LogP contribution in [0.1, 0.15) is 18.4 Å². The lowest BCUT2D eigenvalue weighted by Gasteiger charge is -2.13. The normalized spacial score (nSPS) is 19.1. The Balaban J connectivity index is 1.74. The van der Waals surface area contributed by atoms with E-state index >= 15 is 0 Å². The van der Waals surface area contributed by atoms with Gasteiger partial charge in [-0.15, -0.1) is 11.6 Å². The van der Waals surface area contributed by atoms with Gasteiger partial charge in [-0.3, -0.25) is 4.79 Å². The number of ether oxygens (including phenoxy) is 2. The van der Waals surface area contributed by atoms with Gasteiger partial charge >= 0.3 is 0 Å². The van der Waals surface area contributed by atoms with Crippen molar-refractivity contribution in [1.82, 2.24) is 4.90 Å². The predicted octanol–water partition coefficient (Wildman–Crippen LogP) is 2.66. The molecule has 0 aromatic heterocycles. The maximum absolute atomic E-state index is 12.2. The van der Waals surface area contributed by atoms with E-state index in [2.05, 4.69) is 0 Å². The first-order valence-corrected chi connectivity index (χ1v) is 7.27. The fourth-order valence-corrected chi connectivity index (χ4v) is 2.59. The lowest BCUT2D eigenvalue weighted by Crippen LogP contribution is -2.26. The number of hydrogen-bond acceptors (Lipinski definition) is 3. The number of fused-ring (bicyclic) bond motifs is 1. The number of benzene rings is 1. The van der Waals surface area contributed by atoms with E-state index in [0.717, 1.165) is 48.6 Å². The Labute approximate surface area is 122 Å². The Bertz CT molecular complexity index is 556. The maximum Gasteiger partial charge on any atom is 0.249 e. The zero-order chi connectivity index (χ0) is 13.9. The van der Waals surface area contributed by atoms with Gasteiger partial charge in [0.25, 0.3) is 0 Å². The first kappa shape index (κ1) is 13.3. The van der Waals surface area contributed by atoms with Gasteiger partial charge in [-0.25, -0.2) is 0 Å². The summed E-state index contributed by atoms with van der Waals surface area (Å²) in [6, 6.07) is 5.72. The van der Waals surface area contributed by atoms with Gasteiger partial charge in [0.1, 0.15) is 0 Å². The number of carbonyl (C=O) groups excluding carboxylic acids is 1. The van der Waals surface area contributed by atoms with Crippen LogP contribution < -0.4 is 9.47 Å². The smallest absolute Gasteiger partial charge is 0.249 e. The van der Waals surface area contributed by atoms with Crippen molar-refractivity contribution in [2.45, 2.75) is 12.8 Å². The molecule has 0 unspecified atom stereocenters. The second kappa shape index (κ2) is 5.75. The Morgan fingerprint density at radius 1 is 1.30 bits per heavy atom. The van der Waals surface area contributed by atoms with Crippen molar-refractivity contribution in [3.8, 4) is 11.5 Å². The van der Waals surface area contributed by atoms with Crippen molar-refractivity contribution in [3.05, 3.63) is 29.3 Å². The van der Waals surface area contributed by atoms with Crippen molar-refractivity contribution >= 4 is 23.6 Å². The average molecular weight is 294 g/mol. The van der Waals surface area contributed by atoms with Crippen molar-refractivity contribution in [1.29, 1.82) is 0 Å². The van der Waals surface area contributed by atoms with E-state index in [0.29, 0.717) is 5.88 Å². The number of nitrogens with zero attached hydrogens (tertiary/aromatic N) is 1. The van der Waals surface area contributed by atoms with Gasteiger partial charge < -0.3 is 14.4 Å². The number of hydrogen-bond donors (Lipinski definition) is 0. The first-order valence-electron chi connectivity index (χ1n) is 6.73. The molecule has 0 radical (unpaired) electrons. The molecule has 2 aliphatic rings. The summed E-state index contributed by atoms with van der Waals surface area (Å²) in [4.78, 5) is 14.1. The molecule has 0 spiro atoms. The van der Waals surface area contributed by atoms with Gasteiger partial charge in [0.05, 0.1) is 0 Å². The molecule has 1 aromatic rings. The maximum atomic E-state index is 12.2. The summed E-state index contributed by atoms with van der Waals surface area (Å²) < 4.78 is 10.6. The molecule has 3 rings (SSSR count). The van der Waals surface area contributed by atoms with Crippen LogP contribution in [-0.2, 0) is 4.79 Å². The van der Waals surface area contributed by atoms with Gasteiger partial charge in [0, 0.05) is 24.5 Å². The molecule has 1 saturated heterocycles. The summed E-state index contributed by atoms with van der Waals surface area (Å²) >= 11 is 5.67. The van der Waals surface area contributed by atoms with Crippen LogP contribution >= 0.6 is 11.6 Å². The van der Waals surface area contributed by atoms with E-state index < -0.39 is 0 Å². The minimum atomic E-state index is 0.118. The molecule has 2 aliphatic heterocycles. The third-order valence-electron chi connectivity index (χ3n) is 3.51. The minimum Gasteiger partial charge on any atom is -0.454 e. The molecular formula is C15H16ClNO3. The summed E-state index contributed by atoms with van der Waals surface area (Å²) in [5, 5.41) is 0. The zero-order valence-electron chi connectivity index (χ0n) is 11.1. The molecule has 1 aromatic carbocycles. The minimum absolute atomic E-state index is 0.118. The molecule has 0 N–H and O–H groups in total. The summed E-state index contributed by atoms with van der Waals surface area (Å²) in [6.45, 7) is 1.79. The van der Waals surface area contributed by atoms with E-state index in [1.807, 2.05) is 29.2 Å². The molecule has 1 fully saturated rings. The Kier molecular flexibility index (Phi) is 3.83. The van der Waals surface area contributed by atoms with Crippen LogP contribution in [0.15, 0.2) is 23.8 Å². The molecule has 1 amide bonds. The molecule has 5 heteroatoms. The number of halogens is 1. The molecular weight excluding hydrogens is 278 g/mol. The highest BCUT2D eigenvalue weighted by atomic mass is 35.5. The predicted molar refractivity (Wildman–Crippen MR) is 77.1 cm³/mol. The van der Waals surface area contributed by atoms with Crippen LogP contribution in [0.25, 0.3) is 6.08 Å². The number of carbonyl (C=O) groups is 1. The third-order valence-corrected chi connectivity index (χ3v) is 3.78. The first-order chi connectivity index (χ1) is 9.78. The van der Waals surface area contributed by atoms with E-state index in [1.54, 1.807) is 0 Å². The fraction of sp³-hybridized carbons (Fsp3) is 0.400. The van der Waals surface area contributed by atoms with Crippen LogP contribution in [0.3, 0.4) is 0 Å². The van der Waals surface area contributed by atoms with Gasteiger partial charge in [0.2, 0.25) is 12.7 Å². The topological polar surface area (TPSA) is 38.8 Å². The summed E-state index contributed by atoms with van der Waals surface area (Å²) in [7, 11) is 0. The van der Waals surface area contributed by atoms with Crippen LogP contribution in [0.5, 0.6) is 11.5 Å². The number of rotatable bonds is 4. The van der Waals surface area contributed by atoms with Gasteiger partial charge in [-0.2, -0.15) is 0 Å². The second-order valence-corrected chi connectivity index (χ2v) is 5.24. The lowest BCUT2D eigenvalue weighted by molar-refractivity contribution is -0.124. The average Bonchev–Trinajstić information content (AvgIpc) is 3.05. The van der Waals surface area contributed by atoms with Gasteiger partial charge in [0.15, 0.2) is 11.5 Å². The summed E-state index contributed by atoms with van der Waals surface area (Å²) in [5.74, 6) is 2.20. The highest BCUT2D eigenvalue weighted by Crippen LogP contribution is 2.33. The van der Waals surface area contributed by atoms with Gasteiger partial charge in [-0.1, -0.05) is 6.07 Å². The molecule has 4 nitrogen and oxygen atoms in total. The molecule has 20 heavy (non-hydrogen) atoms. The largest absolute Gasteiger partial charge is 0.454 e. The van der Waals surface area contributed by atoms with Gasteiger partial charge in [-0.05, 0) is 36.6 Å². The quantitative estimate of drug-likeness (QED) is 0.633. The molecule has 2 heterocycles. The number of amides is 1. The zero-order valence-corrected chi connectivity index (χ0v) is 11.9. The highest BCUT2D eigenvalue weighted by Gasteiger charge is 2.25. The highest BCUT2D eigenvalue weighted by molar-refractivity contribution is 6.17. The van der Waals surface area contributed by atoms with Crippen molar-refractivity contribution < 1.29 is 14.3 Å². The van der Waals surface area contributed by atoms with E-state index in [4.69, 9.17) is 21.1 Å². The number of likely N-dealkylation sites (tertiary alicyclic amines) is 1. The lowest BCUT2D eigenvalue weighted by atomic mass is 10.1. The van der Waals surface area contributed by atoms with Crippen molar-refractivity contribution in [2.75, 3.05) is 25.8 Å². The monoisotopic (exact) mass is 293 g/mol. The van der Waals surface area contributed by atoms with E-state index in [1.165, 1.54) is 0 Å². The molecule has 0 aliphatic carbocycles. The Hall–Kier alpha value is -1.68. The molecule has 106 valence electrons. The van der Waals surface area contributed by atoms with Crippen LogP contribution in [0, 0.1) is 0 Å². The van der Waals surface area contributed by atoms with Crippen LogP contribution in [-0.4, -0.2) is 36.6 Å². The SMILES string of the molecule is O=C1/C(=C/c2ccc3c(c2)OCO3)CCN1CCCCl. The Morgan fingerprint density at radius 3 is 3.00 bits per heavy atom. The summed E-state index contributed by atoms with van der Waals surface area (Å²) in [5.41, 5.74) is 1.82. The molecule has 0 atom stereocenters. The number of alkyl halides is 1. The third kappa shape index (κ3) is 2.61. The second-order valence-electron chi connectivity index (χ2n) is 4.87. The van der Waals surface area contributed by atoms with Crippen LogP contribution in [0.4, 0.5) is 0 Å². The van der Waals surface area contributed by atoms with Crippen LogP contribution in [0.2, 0.25) is 0 Å². The van der Waals surface area contributed by atoms with Crippen molar-refractivity contribution in [2.24, 2.45) is 0 Å². The molecule has 0 bridgehead atoms. The standard InChI is InChI=1S/C15H16ClNO3/c16-5-1-6-17-7-4-12(15(17)18)8-11-2-3-13-14(9-11)20-10-19-13/h2-3,8-9H,1,4-7,10H2/b12-8+. The molecule has 0 saturated carbocycles. The van der Waals surface area contributed by atoms with E-state index in [-0.39, 0.29) is 12.7 Å². The summed E-state index contributed by atoms with van der Waals surface area (Å²) in [6.07, 6.45) is 3.56. The van der Waals surface area contributed by atoms with Crippen molar-refractivity contribution in [3.63, 3.8) is 0 Å². The fourth-order valence-electron chi connectivity index (χ4n) is 2.47.